The Morgan fingerprint density at radius 3 is 2.50 bits per heavy atom. The van der Waals surface area contributed by atoms with Crippen LogP contribution in [0, 0.1) is 0 Å². The number of benzene rings is 2. The van der Waals surface area contributed by atoms with E-state index >= 15 is 0 Å². The van der Waals surface area contributed by atoms with Crippen molar-refractivity contribution in [2.45, 2.75) is 19.3 Å². The van der Waals surface area contributed by atoms with Crippen molar-refractivity contribution in [2.75, 3.05) is 0 Å². The highest BCUT2D eigenvalue weighted by atomic mass is 16.5. The van der Waals surface area contributed by atoms with Gasteiger partial charge < -0.3 is 9.53 Å². The maximum Gasteiger partial charge on any atom is 0.127 e. The molecule has 2 nitrogen and oxygen atoms in total. The van der Waals surface area contributed by atoms with Gasteiger partial charge in [-0.2, -0.15) is 0 Å². The lowest BCUT2D eigenvalue weighted by Gasteiger charge is -2.07. The standard InChI is InChI=1S/C16H16O2/c17-12-5-4-7-14-8-6-11-16(13-14)18-15-9-2-1-3-10-15/h1-3,6,8-13H,4-5,7H2. The molecule has 0 heterocycles. The Labute approximate surface area is 107 Å². The van der Waals surface area contributed by atoms with Gasteiger partial charge in [-0.25, -0.2) is 0 Å². The van der Waals surface area contributed by atoms with Gasteiger partial charge in [-0.15, -0.1) is 0 Å². The maximum atomic E-state index is 10.3. The minimum atomic E-state index is 0.615. The van der Waals surface area contributed by atoms with Gasteiger partial charge in [-0.3, -0.25) is 0 Å². The van der Waals surface area contributed by atoms with Gasteiger partial charge in [0.15, 0.2) is 0 Å². The molecule has 0 N–H and O–H groups in total. The number of hydrogen-bond donors (Lipinski definition) is 0. The zero-order valence-electron chi connectivity index (χ0n) is 10.2. The quantitative estimate of drug-likeness (QED) is 0.563. The first kappa shape index (κ1) is 12.4. The molecule has 92 valence electrons. The predicted octanol–water partition coefficient (Wildman–Crippen LogP) is 4.00. The second-order valence-corrected chi connectivity index (χ2v) is 4.12. The summed E-state index contributed by atoms with van der Waals surface area (Å²) in [5, 5.41) is 0. The number of carbonyl (C=O) groups is 1. The van der Waals surface area contributed by atoms with Crippen molar-refractivity contribution in [3.05, 3.63) is 60.2 Å². The molecule has 0 aliphatic rings. The fraction of sp³-hybridized carbons (Fsp3) is 0.188. The monoisotopic (exact) mass is 240 g/mol. The normalized spacial score (nSPS) is 10.0. The maximum absolute atomic E-state index is 10.3. The highest BCUT2D eigenvalue weighted by Crippen LogP contribution is 2.22. The molecular weight excluding hydrogens is 224 g/mol. The Bertz CT molecular complexity index is 491. The molecule has 0 fully saturated rings. The molecule has 0 bridgehead atoms. The first-order chi connectivity index (χ1) is 8.88. The molecule has 2 aromatic carbocycles. The number of aryl methyl sites for hydroxylation is 1. The van der Waals surface area contributed by atoms with Gasteiger partial charge in [-0.1, -0.05) is 30.3 Å². The van der Waals surface area contributed by atoms with Crippen LogP contribution in [0.15, 0.2) is 54.6 Å². The summed E-state index contributed by atoms with van der Waals surface area (Å²) in [4.78, 5) is 10.3. The van der Waals surface area contributed by atoms with E-state index in [2.05, 4.69) is 6.07 Å². The van der Waals surface area contributed by atoms with Gasteiger partial charge >= 0.3 is 0 Å². The minimum Gasteiger partial charge on any atom is -0.457 e. The van der Waals surface area contributed by atoms with Gasteiger partial charge in [0.25, 0.3) is 0 Å². The van der Waals surface area contributed by atoms with E-state index < -0.39 is 0 Å². The summed E-state index contributed by atoms with van der Waals surface area (Å²) in [7, 11) is 0. The molecule has 0 spiro atoms. The van der Waals surface area contributed by atoms with Crippen molar-refractivity contribution in [1.29, 1.82) is 0 Å². The van der Waals surface area contributed by atoms with E-state index in [4.69, 9.17) is 4.74 Å². The molecule has 0 saturated carbocycles. The van der Waals surface area contributed by atoms with Crippen molar-refractivity contribution < 1.29 is 9.53 Å². The molecule has 0 unspecified atom stereocenters. The van der Waals surface area contributed by atoms with E-state index in [9.17, 15) is 4.79 Å². The third-order valence-corrected chi connectivity index (χ3v) is 2.66. The van der Waals surface area contributed by atoms with Crippen LogP contribution in [-0.4, -0.2) is 6.29 Å². The number of para-hydroxylation sites is 1. The number of ether oxygens (including phenoxy) is 1. The summed E-state index contributed by atoms with van der Waals surface area (Å²) in [6.45, 7) is 0. The van der Waals surface area contributed by atoms with E-state index in [-0.39, 0.29) is 0 Å². The summed E-state index contributed by atoms with van der Waals surface area (Å²) in [6, 6.07) is 17.7. The largest absolute Gasteiger partial charge is 0.457 e. The Hall–Kier alpha value is -2.09. The fourth-order valence-electron chi connectivity index (χ4n) is 1.78. The van der Waals surface area contributed by atoms with Crippen LogP contribution >= 0.6 is 0 Å². The minimum absolute atomic E-state index is 0.615. The summed E-state index contributed by atoms with van der Waals surface area (Å²) in [6.07, 6.45) is 3.37. The fourth-order valence-corrected chi connectivity index (χ4v) is 1.78. The number of aldehydes is 1. The van der Waals surface area contributed by atoms with E-state index in [0.29, 0.717) is 6.42 Å². The van der Waals surface area contributed by atoms with E-state index in [1.54, 1.807) is 0 Å². The number of carbonyl (C=O) groups excluding carboxylic acids is 1. The zero-order valence-corrected chi connectivity index (χ0v) is 10.2. The van der Waals surface area contributed by atoms with Crippen LogP contribution in [0.2, 0.25) is 0 Å². The average Bonchev–Trinajstić information content (AvgIpc) is 2.41. The zero-order chi connectivity index (χ0) is 12.6. The van der Waals surface area contributed by atoms with Gasteiger partial charge in [0, 0.05) is 6.42 Å². The van der Waals surface area contributed by atoms with E-state index in [1.807, 2.05) is 48.5 Å². The van der Waals surface area contributed by atoms with E-state index in [0.717, 1.165) is 30.6 Å². The highest BCUT2D eigenvalue weighted by Gasteiger charge is 1.99. The molecular formula is C16H16O2. The smallest absolute Gasteiger partial charge is 0.127 e. The Kier molecular flexibility index (Phi) is 4.53. The Morgan fingerprint density at radius 2 is 1.72 bits per heavy atom. The van der Waals surface area contributed by atoms with Crippen LogP contribution in [0.25, 0.3) is 0 Å². The molecule has 0 aliphatic heterocycles. The van der Waals surface area contributed by atoms with Gasteiger partial charge in [0.2, 0.25) is 0 Å². The SMILES string of the molecule is O=CCCCc1cccc(Oc2ccccc2)c1. The Balaban J connectivity index is 2.01. The van der Waals surface area contributed by atoms with Crippen molar-refractivity contribution in [2.24, 2.45) is 0 Å². The molecule has 0 radical (unpaired) electrons. The predicted molar refractivity (Wildman–Crippen MR) is 72.0 cm³/mol. The second kappa shape index (κ2) is 6.60. The van der Waals surface area contributed by atoms with Crippen LogP contribution in [-0.2, 0) is 11.2 Å². The molecule has 0 amide bonds. The summed E-state index contributed by atoms with van der Waals surface area (Å²) < 4.78 is 5.76. The third-order valence-electron chi connectivity index (χ3n) is 2.66. The molecule has 0 aromatic heterocycles. The molecule has 2 heteroatoms. The van der Waals surface area contributed by atoms with Crippen molar-refractivity contribution in [1.82, 2.24) is 0 Å². The van der Waals surface area contributed by atoms with Gasteiger partial charge in [0.1, 0.15) is 17.8 Å². The lowest BCUT2D eigenvalue weighted by Crippen LogP contribution is -1.88. The van der Waals surface area contributed by atoms with Crippen molar-refractivity contribution in [3.8, 4) is 11.5 Å². The molecule has 2 rings (SSSR count). The van der Waals surface area contributed by atoms with Gasteiger partial charge in [0.05, 0.1) is 0 Å². The number of hydrogen-bond acceptors (Lipinski definition) is 2. The third kappa shape index (κ3) is 3.74. The lowest BCUT2D eigenvalue weighted by atomic mass is 10.1. The van der Waals surface area contributed by atoms with Crippen LogP contribution in [0.3, 0.4) is 0 Å². The molecule has 2 aromatic rings. The molecule has 0 aliphatic carbocycles. The van der Waals surface area contributed by atoms with Crippen LogP contribution in [0.5, 0.6) is 11.5 Å². The summed E-state index contributed by atoms with van der Waals surface area (Å²) >= 11 is 0. The lowest BCUT2D eigenvalue weighted by molar-refractivity contribution is -0.107. The van der Waals surface area contributed by atoms with Crippen LogP contribution in [0.4, 0.5) is 0 Å². The van der Waals surface area contributed by atoms with Crippen molar-refractivity contribution >= 4 is 6.29 Å². The first-order valence-corrected chi connectivity index (χ1v) is 6.14. The second-order valence-electron chi connectivity index (χ2n) is 4.12. The number of rotatable bonds is 6. The molecule has 0 saturated heterocycles. The first-order valence-electron chi connectivity index (χ1n) is 6.14. The summed E-state index contributed by atoms with van der Waals surface area (Å²) in [5.41, 5.74) is 1.20. The average molecular weight is 240 g/mol. The van der Waals surface area contributed by atoms with Gasteiger partial charge in [-0.05, 0) is 42.7 Å². The summed E-state index contributed by atoms with van der Waals surface area (Å²) in [5.74, 6) is 1.67. The molecule has 0 atom stereocenters. The van der Waals surface area contributed by atoms with Crippen LogP contribution < -0.4 is 4.74 Å². The van der Waals surface area contributed by atoms with Crippen molar-refractivity contribution in [3.63, 3.8) is 0 Å². The highest BCUT2D eigenvalue weighted by molar-refractivity contribution is 5.49. The number of unbranched alkanes of at least 4 members (excludes halogenated alkanes) is 1. The topological polar surface area (TPSA) is 26.3 Å². The van der Waals surface area contributed by atoms with E-state index in [1.165, 1.54) is 5.56 Å². The molecule has 18 heavy (non-hydrogen) atoms. The Morgan fingerprint density at radius 1 is 0.944 bits per heavy atom. The van der Waals surface area contributed by atoms with Crippen LogP contribution in [0.1, 0.15) is 18.4 Å².